The third kappa shape index (κ3) is 3.46. The predicted octanol–water partition coefficient (Wildman–Crippen LogP) is 1.50. The van der Waals surface area contributed by atoms with E-state index >= 15 is 0 Å². The minimum absolute atomic E-state index is 0.185. The van der Waals surface area contributed by atoms with Crippen LogP contribution >= 0.6 is 11.3 Å². The van der Waals surface area contributed by atoms with Gasteiger partial charge in [-0.3, -0.25) is 9.59 Å². The van der Waals surface area contributed by atoms with E-state index in [1.54, 1.807) is 18.4 Å². The Balaban J connectivity index is 2.37. The summed E-state index contributed by atoms with van der Waals surface area (Å²) >= 11 is 1.68. The Kier molecular flexibility index (Phi) is 5.04. The SMILES string of the molecule is CCc1ccc(C2=C(N(C)/N=N\NC=O)C(=O)NCC2)s1. The highest BCUT2D eigenvalue weighted by Crippen LogP contribution is 2.32. The maximum atomic E-state index is 12.1. The summed E-state index contributed by atoms with van der Waals surface area (Å²) in [5.41, 5.74) is 3.50. The summed E-state index contributed by atoms with van der Waals surface area (Å²) in [6.45, 7) is 2.71. The molecule has 1 aromatic rings. The molecule has 2 amide bonds. The van der Waals surface area contributed by atoms with Crippen molar-refractivity contribution in [1.29, 1.82) is 0 Å². The molecule has 0 atom stereocenters. The first-order valence-corrected chi connectivity index (χ1v) is 7.43. The van der Waals surface area contributed by atoms with Gasteiger partial charge in [0.25, 0.3) is 5.91 Å². The quantitative estimate of drug-likeness (QED) is 0.474. The number of carbonyl (C=O) groups excluding carboxylic acids is 2. The van der Waals surface area contributed by atoms with Gasteiger partial charge in [0.2, 0.25) is 6.41 Å². The van der Waals surface area contributed by atoms with Crippen molar-refractivity contribution in [2.24, 2.45) is 10.4 Å². The monoisotopic (exact) mass is 307 g/mol. The largest absolute Gasteiger partial charge is 0.350 e. The molecule has 112 valence electrons. The van der Waals surface area contributed by atoms with Gasteiger partial charge in [0, 0.05) is 28.9 Å². The Bertz CT molecular complexity index is 593. The second-order valence-electron chi connectivity index (χ2n) is 4.41. The fourth-order valence-corrected chi connectivity index (χ4v) is 3.13. The second-order valence-corrected chi connectivity index (χ2v) is 5.58. The molecule has 1 aliphatic rings. The Morgan fingerprint density at radius 3 is 3.00 bits per heavy atom. The van der Waals surface area contributed by atoms with Gasteiger partial charge in [0.1, 0.15) is 5.70 Å². The molecule has 0 saturated heterocycles. The number of hydrogen-bond acceptors (Lipinski definition) is 5. The molecule has 2 rings (SSSR count). The molecule has 2 heterocycles. The molecule has 0 spiro atoms. The van der Waals surface area contributed by atoms with Crippen LogP contribution in [-0.4, -0.2) is 30.9 Å². The predicted molar refractivity (Wildman–Crippen MR) is 80.1 cm³/mol. The van der Waals surface area contributed by atoms with Crippen molar-refractivity contribution in [3.05, 3.63) is 27.6 Å². The summed E-state index contributed by atoms with van der Waals surface area (Å²) in [6.07, 6.45) is 2.13. The molecule has 0 unspecified atom stereocenters. The Hall–Kier alpha value is -2.22. The minimum Gasteiger partial charge on any atom is -0.350 e. The van der Waals surface area contributed by atoms with E-state index in [1.807, 2.05) is 6.07 Å². The number of thiophene rings is 1. The molecule has 0 bridgehead atoms. The van der Waals surface area contributed by atoms with Gasteiger partial charge >= 0.3 is 0 Å². The summed E-state index contributed by atoms with van der Waals surface area (Å²) in [7, 11) is 1.63. The van der Waals surface area contributed by atoms with Gasteiger partial charge in [-0.05, 0) is 35.4 Å². The van der Waals surface area contributed by atoms with E-state index in [-0.39, 0.29) is 5.91 Å². The summed E-state index contributed by atoms with van der Waals surface area (Å²) < 4.78 is 0. The molecule has 0 saturated carbocycles. The highest BCUT2D eigenvalue weighted by atomic mass is 32.1. The molecular formula is C13H17N5O2S. The number of hydrogen-bond donors (Lipinski definition) is 2. The zero-order valence-corrected chi connectivity index (χ0v) is 12.7. The molecule has 0 aromatic carbocycles. The molecule has 2 N–H and O–H groups in total. The first-order valence-electron chi connectivity index (χ1n) is 6.61. The second kappa shape index (κ2) is 6.98. The van der Waals surface area contributed by atoms with E-state index in [0.29, 0.717) is 18.7 Å². The molecule has 1 aromatic heterocycles. The van der Waals surface area contributed by atoms with E-state index < -0.39 is 0 Å². The van der Waals surface area contributed by atoms with E-state index in [2.05, 4.69) is 34.2 Å². The average Bonchev–Trinajstić information content (AvgIpc) is 2.96. The molecule has 0 fully saturated rings. The first-order chi connectivity index (χ1) is 10.2. The van der Waals surface area contributed by atoms with Crippen LogP contribution in [0.15, 0.2) is 28.3 Å². The number of amides is 2. The lowest BCUT2D eigenvalue weighted by Gasteiger charge is -2.23. The van der Waals surface area contributed by atoms with Gasteiger partial charge < -0.3 is 5.32 Å². The standard InChI is InChI=1S/C13H17N5O2S/c1-3-9-4-5-11(21-9)10-6-7-14-13(20)12(10)18(2)17-16-15-8-19/h4-5,8H,3,6-7H2,1-2H3,(H,14,20)(H,15,17,19). The summed E-state index contributed by atoms with van der Waals surface area (Å²) in [5.74, 6) is -0.185. The van der Waals surface area contributed by atoms with E-state index in [9.17, 15) is 9.59 Å². The molecule has 0 aliphatic carbocycles. The molecule has 8 heteroatoms. The van der Waals surface area contributed by atoms with E-state index in [0.717, 1.165) is 23.3 Å². The summed E-state index contributed by atoms with van der Waals surface area (Å²) in [5, 5.41) is 11.4. The lowest BCUT2D eigenvalue weighted by atomic mass is 10.0. The van der Waals surface area contributed by atoms with Crippen molar-refractivity contribution in [3.8, 4) is 0 Å². The lowest BCUT2D eigenvalue weighted by Crippen LogP contribution is -2.36. The Morgan fingerprint density at radius 1 is 1.52 bits per heavy atom. The van der Waals surface area contributed by atoms with Crippen molar-refractivity contribution < 1.29 is 9.59 Å². The smallest absolute Gasteiger partial charge is 0.269 e. The van der Waals surface area contributed by atoms with Crippen molar-refractivity contribution >= 4 is 29.2 Å². The van der Waals surface area contributed by atoms with Crippen LogP contribution in [0.1, 0.15) is 23.1 Å². The van der Waals surface area contributed by atoms with Crippen LogP contribution in [0.25, 0.3) is 5.57 Å². The topological polar surface area (TPSA) is 86.2 Å². The maximum absolute atomic E-state index is 12.1. The molecule has 1 aliphatic heterocycles. The summed E-state index contributed by atoms with van der Waals surface area (Å²) in [4.78, 5) is 24.7. The minimum atomic E-state index is -0.185. The first kappa shape index (κ1) is 15.2. The number of nitrogens with zero attached hydrogens (tertiary/aromatic N) is 3. The van der Waals surface area contributed by atoms with Crippen LogP contribution in [0.5, 0.6) is 0 Å². The zero-order valence-electron chi connectivity index (χ0n) is 11.9. The van der Waals surface area contributed by atoms with E-state index in [1.165, 1.54) is 9.89 Å². The number of carbonyl (C=O) groups is 2. The molecular weight excluding hydrogens is 290 g/mol. The molecule has 7 nitrogen and oxygen atoms in total. The lowest BCUT2D eigenvalue weighted by molar-refractivity contribution is -0.119. The highest BCUT2D eigenvalue weighted by Gasteiger charge is 2.25. The Labute approximate surface area is 126 Å². The maximum Gasteiger partial charge on any atom is 0.269 e. The van der Waals surface area contributed by atoms with Gasteiger partial charge in [0.15, 0.2) is 0 Å². The number of nitrogens with one attached hydrogen (secondary N) is 2. The van der Waals surface area contributed by atoms with Gasteiger partial charge in [-0.25, -0.2) is 10.4 Å². The highest BCUT2D eigenvalue weighted by molar-refractivity contribution is 7.13. The molecule has 21 heavy (non-hydrogen) atoms. The van der Waals surface area contributed by atoms with Crippen molar-refractivity contribution in [2.75, 3.05) is 13.6 Å². The van der Waals surface area contributed by atoms with Crippen molar-refractivity contribution in [3.63, 3.8) is 0 Å². The fraction of sp³-hybridized carbons (Fsp3) is 0.385. The number of aryl methyl sites for hydroxylation is 1. The van der Waals surface area contributed by atoms with Gasteiger partial charge in [0.05, 0.1) is 0 Å². The number of likely N-dealkylation sites (N-methyl/N-ethyl adjacent to an activating group) is 1. The van der Waals surface area contributed by atoms with Crippen LogP contribution in [0.4, 0.5) is 0 Å². The van der Waals surface area contributed by atoms with Gasteiger partial charge in [-0.2, -0.15) is 0 Å². The average molecular weight is 307 g/mol. The van der Waals surface area contributed by atoms with Gasteiger partial charge in [-0.15, -0.1) is 11.3 Å². The van der Waals surface area contributed by atoms with Gasteiger partial charge in [-0.1, -0.05) is 6.92 Å². The third-order valence-corrected chi connectivity index (χ3v) is 4.37. The van der Waals surface area contributed by atoms with Crippen LogP contribution in [0.2, 0.25) is 0 Å². The number of rotatable bonds is 6. The zero-order chi connectivity index (χ0) is 15.2. The molecule has 0 radical (unpaired) electrons. The third-order valence-electron chi connectivity index (χ3n) is 3.08. The summed E-state index contributed by atoms with van der Waals surface area (Å²) in [6, 6.07) is 4.11. The van der Waals surface area contributed by atoms with Crippen LogP contribution in [-0.2, 0) is 16.0 Å². The van der Waals surface area contributed by atoms with Crippen LogP contribution < -0.4 is 10.7 Å². The normalized spacial score (nSPS) is 15.2. The van der Waals surface area contributed by atoms with E-state index in [4.69, 9.17) is 0 Å². The van der Waals surface area contributed by atoms with Crippen molar-refractivity contribution in [1.82, 2.24) is 15.8 Å². The fourth-order valence-electron chi connectivity index (χ4n) is 2.11. The van der Waals surface area contributed by atoms with Crippen LogP contribution in [0, 0.1) is 0 Å². The Morgan fingerprint density at radius 2 is 2.33 bits per heavy atom. The van der Waals surface area contributed by atoms with Crippen molar-refractivity contribution in [2.45, 2.75) is 19.8 Å². The van der Waals surface area contributed by atoms with Crippen LogP contribution in [0.3, 0.4) is 0 Å².